The Morgan fingerprint density at radius 2 is 1.85 bits per heavy atom. The van der Waals surface area contributed by atoms with Crippen LogP contribution in [-0.4, -0.2) is 36.1 Å². The van der Waals surface area contributed by atoms with Gasteiger partial charge in [-0.2, -0.15) is 0 Å². The van der Waals surface area contributed by atoms with Crippen LogP contribution >= 0.6 is 0 Å². The van der Waals surface area contributed by atoms with Crippen LogP contribution in [0.2, 0.25) is 0 Å². The minimum absolute atomic E-state index is 0.229. The summed E-state index contributed by atoms with van der Waals surface area (Å²) in [4.78, 5) is 39.5. The number of anilines is 1. The number of amides is 4. The number of urea groups is 2. The maximum Gasteiger partial charge on any atom is 0.338 e. The van der Waals surface area contributed by atoms with Crippen molar-refractivity contribution in [3.8, 4) is 0 Å². The lowest BCUT2D eigenvalue weighted by Crippen LogP contribution is -2.48. The highest BCUT2D eigenvalue weighted by atomic mass is 16.5. The average molecular weight is 451 g/mol. The van der Waals surface area contributed by atoms with E-state index >= 15 is 0 Å². The lowest BCUT2D eigenvalue weighted by Gasteiger charge is -2.35. The van der Waals surface area contributed by atoms with Gasteiger partial charge in [0.1, 0.15) is 0 Å². The third-order valence-electron chi connectivity index (χ3n) is 5.31. The number of ether oxygens (including phenoxy) is 1. The van der Waals surface area contributed by atoms with Crippen LogP contribution in [0.25, 0.3) is 0 Å². The fourth-order valence-corrected chi connectivity index (χ4v) is 3.75. The van der Waals surface area contributed by atoms with Crippen molar-refractivity contribution in [3.63, 3.8) is 0 Å². The minimum Gasteiger partial charge on any atom is -0.463 e. The molecule has 0 aromatic heterocycles. The quantitative estimate of drug-likeness (QED) is 0.522. The maximum atomic E-state index is 12.8. The lowest BCUT2D eigenvalue weighted by molar-refractivity contribution is -0.139. The molecule has 8 heteroatoms. The van der Waals surface area contributed by atoms with E-state index in [1.165, 1.54) is 0 Å². The van der Waals surface area contributed by atoms with E-state index in [0.717, 1.165) is 12.0 Å². The van der Waals surface area contributed by atoms with E-state index in [4.69, 9.17) is 4.74 Å². The largest absolute Gasteiger partial charge is 0.463 e. The summed E-state index contributed by atoms with van der Waals surface area (Å²) in [6.07, 6.45) is 0.753. The molecule has 1 heterocycles. The zero-order chi connectivity index (χ0) is 23.8. The van der Waals surface area contributed by atoms with Crippen LogP contribution in [0.15, 0.2) is 65.9 Å². The van der Waals surface area contributed by atoms with E-state index in [0.29, 0.717) is 35.6 Å². The summed E-state index contributed by atoms with van der Waals surface area (Å²) >= 11 is 0. The van der Waals surface area contributed by atoms with Crippen LogP contribution in [0.3, 0.4) is 0 Å². The van der Waals surface area contributed by atoms with E-state index in [2.05, 4.69) is 16.0 Å². The second kappa shape index (κ2) is 11.2. The van der Waals surface area contributed by atoms with Crippen LogP contribution in [-0.2, 0) is 16.1 Å². The first kappa shape index (κ1) is 23.8. The van der Waals surface area contributed by atoms with Crippen LogP contribution in [0, 0.1) is 0 Å². The Hall–Kier alpha value is -3.81. The molecule has 0 fully saturated rings. The van der Waals surface area contributed by atoms with Crippen molar-refractivity contribution >= 4 is 23.7 Å². The van der Waals surface area contributed by atoms with Crippen LogP contribution in [0.1, 0.15) is 44.4 Å². The van der Waals surface area contributed by atoms with Gasteiger partial charge in [0.05, 0.1) is 18.2 Å². The molecule has 1 aliphatic rings. The van der Waals surface area contributed by atoms with Gasteiger partial charge in [-0.3, -0.25) is 4.90 Å². The fraction of sp³-hybridized carbons (Fsp3) is 0.320. The molecule has 0 spiro atoms. The second-order valence-corrected chi connectivity index (χ2v) is 7.67. The highest BCUT2D eigenvalue weighted by Crippen LogP contribution is 2.32. The van der Waals surface area contributed by atoms with Crippen LogP contribution < -0.4 is 16.0 Å². The highest BCUT2D eigenvalue weighted by molar-refractivity contribution is 5.95. The van der Waals surface area contributed by atoms with Crippen molar-refractivity contribution in [1.29, 1.82) is 0 Å². The minimum atomic E-state index is -0.682. The highest BCUT2D eigenvalue weighted by Gasteiger charge is 2.36. The number of esters is 1. The number of hydrogen-bond donors (Lipinski definition) is 3. The Kier molecular flexibility index (Phi) is 8.07. The molecule has 1 atom stereocenters. The predicted octanol–water partition coefficient (Wildman–Crippen LogP) is 4.32. The molecule has 2 aromatic carbocycles. The molecule has 1 aliphatic heterocycles. The number of carbonyl (C=O) groups is 3. The van der Waals surface area contributed by atoms with Crippen molar-refractivity contribution in [2.45, 2.75) is 39.8 Å². The van der Waals surface area contributed by atoms with E-state index in [9.17, 15) is 14.4 Å². The first-order valence-corrected chi connectivity index (χ1v) is 11.1. The molecule has 33 heavy (non-hydrogen) atoms. The standard InChI is InChI=1S/C25H30N4O4/c1-4-14-29-17(3)21(23(30)33-5-2)22(28-25(29)32)19-12-9-13-20(15-19)27-24(31)26-16-18-10-7-6-8-11-18/h6-13,15,22H,4-5,14,16H2,1-3H3,(H,28,32)(H2,26,27,31). The SMILES string of the molecule is CCCN1C(=O)NC(c2cccc(NC(=O)NCc3ccccc3)c2)C(C(=O)OCC)=C1C. The van der Waals surface area contributed by atoms with Crippen LogP contribution in [0.4, 0.5) is 15.3 Å². The predicted molar refractivity (Wildman–Crippen MR) is 126 cm³/mol. The molecule has 0 saturated carbocycles. The molecule has 0 bridgehead atoms. The van der Waals surface area contributed by atoms with Gasteiger partial charge in [-0.25, -0.2) is 14.4 Å². The Morgan fingerprint density at radius 1 is 1.09 bits per heavy atom. The zero-order valence-corrected chi connectivity index (χ0v) is 19.2. The van der Waals surface area contributed by atoms with E-state index < -0.39 is 12.0 Å². The Morgan fingerprint density at radius 3 is 2.55 bits per heavy atom. The van der Waals surface area contributed by atoms with Gasteiger partial charge in [-0.1, -0.05) is 49.4 Å². The summed E-state index contributed by atoms with van der Waals surface area (Å²) in [6.45, 7) is 6.59. The van der Waals surface area contributed by atoms with Gasteiger partial charge in [0.15, 0.2) is 0 Å². The van der Waals surface area contributed by atoms with Crippen molar-refractivity contribution < 1.29 is 19.1 Å². The number of hydrogen-bond acceptors (Lipinski definition) is 4. The summed E-state index contributed by atoms with van der Waals surface area (Å²) in [5.41, 5.74) is 3.16. The zero-order valence-electron chi connectivity index (χ0n) is 19.2. The summed E-state index contributed by atoms with van der Waals surface area (Å²) < 4.78 is 5.28. The fourth-order valence-electron chi connectivity index (χ4n) is 3.75. The first-order chi connectivity index (χ1) is 15.9. The van der Waals surface area contributed by atoms with Gasteiger partial charge in [0.25, 0.3) is 0 Å². The molecular weight excluding hydrogens is 420 g/mol. The molecule has 0 saturated heterocycles. The monoisotopic (exact) mass is 450 g/mol. The van der Waals surface area contributed by atoms with E-state index in [1.54, 1.807) is 43.0 Å². The average Bonchev–Trinajstić information content (AvgIpc) is 2.81. The third-order valence-corrected chi connectivity index (χ3v) is 5.31. The van der Waals surface area contributed by atoms with Gasteiger partial charge in [-0.15, -0.1) is 0 Å². The van der Waals surface area contributed by atoms with Crippen molar-refractivity contribution in [2.24, 2.45) is 0 Å². The number of benzene rings is 2. The number of allylic oxidation sites excluding steroid dienone is 1. The molecule has 4 amide bonds. The molecule has 3 rings (SSSR count). The van der Waals surface area contributed by atoms with Gasteiger partial charge in [0.2, 0.25) is 0 Å². The van der Waals surface area contributed by atoms with Crippen molar-refractivity contribution in [3.05, 3.63) is 77.0 Å². The molecule has 3 N–H and O–H groups in total. The normalized spacial score (nSPS) is 15.7. The van der Waals surface area contributed by atoms with Gasteiger partial charge < -0.3 is 20.7 Å². The number of nitrogens with zero attached hydrogens (tertiary/aromatic N) is 1. The summed E-state index contributed by atoms with van der Waals surface area (Å²) in [5.74, 6) is -0.472. The molecule has 2 aromatic rings. The van der Waals surface area contributed by atoms with Gasteiger partial charge in [0, 0.05) is 24.5 Å². The van der Waals surface area contributed by atoms with Gasteiger partial charge in [-0.05, 0) is 43.5 Å². The van der Waals surface area contributed by atoms with Crippen molar-refractivity contribution in [1.82, 2.24) is 15.5 Å². The van der Waals surface area contributed by atoms with Crippen LogP contribution in [0.5, 0.6) is 0 Å². The maximum absolute atomic E-state index is 12.8. The number of carbonyl (C=O) groups excluding carboxylic acids is 3. The summed E-state index contributed by atoms with van der Waals surface area (Å²) in [6, 6.07) is 15.4. The Balaban J connectivity index is 1.81. The topological polar surface area (TPSA) is 99.8 Å². The van der Waals surface area contributed by atoms with E-state index in [-0.39, 0.29) is 18.7 Å². The molecule has 174 valence electrons. The van der Waals surface area contributed by atoms with Crippen molar-refractivity contribution in [2.75, 3.05) is 18.5 Å². The molecule has 8 nitrogen and oxygen atoms in total. The lowest BCUT2D eigenvalue weighted by atomic mass is 9.94. The third kappa shape index (κ3) is 5.91. The summed E-state index contributed by atoms with van der Waals surface area (Å²) in [5, 5.41) is 8.54. The van der Waals surface area contributed by atoms with Gasteiger partial charge >= 0.3 is 18.0 Å². The Bertz CT molecular complexity index is 1040. The molecule has 0 radical (unpaired) electrons. The van der Waals surface area contributed by atoms with E-state index in [1.807, 2.05) is 37.3 Å². The smallest absolute Gasteiger partial charge is 0.338 e. The first-order valence-electron chi connectivity index (χ1n) is 11.1. The number of rotatable bonds is 8. The molecule has 0 aliphatic carbocycles. The Labute approximate surface area is 194 Å². The second-order valence-electron chi connectivity index (χ2n) is 7.67. The molecule has 1 unspecified atom stereocenters. The number of nitrogens with one attached hydrogen (secondary N) is 3. The molecular formula is C25H30N4O4. The summed E-state index contributed by atoms with van der Waals surface area (Å²) in [7, 11) is 0.